The molecule has 0 aromatic heterocycles. The van der Waals surface area contributed by atoms with E-state index < -0.39 is 0 Å². The number of methoxy groups -OCH3 is 4. The molecular formula is C52H66Cl2F2N2O8. The van der Waals surface area contributed by atoms with E-state index in [-0.39, 0.29) is 73.1 Å². The molecule has 2 aliphatic heterocycles. The van der Waals surface area contributed by atoms with Gasteiger partial charge in [0.05, 0.1) is 81.9 Å². The van der Waals surface area contributed by atoms with Crippen LogP contribution < -0.4 is 43.8 Å². The Kier molecular flexibility index (Phi) is 20.6. The lowest BCUT2D eigenvalue weighted by Gasteiger charge is -2.43. The summed E-state index contributed by atoms with van der Waals surface area (Å²) in [4.78, 5) is 25.2. The van der Waals surface area contributed by atoms with E-state index in [9.17, 15) is 18.4 Å². The second-order valence-corrected chi connectivity index (χ2v) is 17.9. The summed E-state index contributed by atoms with van der Waals surface area (Å²) in [7, 11) is 11.0. The van der Waals surface area contributed by atoms with Crippen LogP contribution in [-0.4, -0.2) is 103 Å². The highest BCUT2D eigenvalue weighted by Crippen LogP contribution is 2.42. The van der Waals surface area contributed by atoms with Gasteiger partial charge in [-0.05, 0) is 96.5 Å². The minimum absolute atomic E-state index is 0. The lowest BCUT2D eigenvalue weighted by atomic mass is 9.83. The lowest BCUT2D eigenvalue weighted by molar-refractivity contribution is -0.926. The van der Waals surface area contributed by atoms with Crippen molar-refractivity contribution in [2.45, 2.75) is 76.3 Å². The Morgan fingerprint density at radius 1 is 0.591 bits per heavy atom. The van der Waals surface area contributed by atoms with Gasteiger partial charge in [-0.2, -0.15) is 0 Å². The maximum absolute atomic E-state index is 14.1. The van der Waals surface area contributed by atoms with Gasteiger partial charge in [-0.3, -0.25) is 9.59 Å². The first-order chi connectivity index (χ1) is 30.8. The van der Waals surface area contributed by atoms with E-state index in [0.29, 0.717) is 74.7 Å². The summed E-state index contributed by atoms with van der Waals surface area (Å²) in [6.07, 6.45) is 8.25. The van der Waals surface area contributed by atoms with Crippen LogP contribution in [-0.2, 0) is 45.0 Å². The van der Waals surface area contributed by atoms with E-state index in [1.54, 1.807) is 52.7 Å². The molecule has 0 fully saturated rings. The number of quaternary nitrogens is 2. The van der Waals surface area contributed by atoms with Gasteiger partial charge >= 0.3 is 11.9 Å². The van der Waals surface area contributed by atoms with Gasteiger partial charge in [0, 0.05) is 48.6 Å². The number of ether oxygens (including phenoxy) is 6. The molecule has 2 aliphatic rings. The normalized spacial score (nSPS) is 19.6. The van der Waals surface area contributed by atoms with Crippen LogP contribution in [0.2, 0.25) is 0 Å². The van der Waals surface area contributed by atoms with Crippen molar-refractivity contribution in [2.75, 3.05) is 81.9 Å². The number of allylic oxidation sites excluding steroid dienone is 2. The highest BCUT2D eigenvalue weighted by molar-refractivity contribution is 5.70. The lowest BCUT2D eigenvalue weighted by Crippen LogP contribution is -3.00. The van der Waals surface area contributed by atoms with Crippen molar-refractivity contribution in [3.8, 4) is 23.0 Å². The van der Waals surface area contributed by atoms with Gasteiger partial charge in [-0.1, -0.05) is 36.4 Å². The van der Waals surface area contributed by atoms with Crippen LogP contribution in [0.3, 0.4) is 0 Å². The topological polar surface area (TPSA) is 89.5 Å². The Labute approximate surface area is 402 Å². The summed E-state index contributed by atoms with van der Waals surface area (Å²) in [6, 6.07) is 21.8. The highest BCUT2D eigenvalue weighted by Gasteiger charge is 2.38. The molecule has 0 N–H and O–H groups in total. The summed E-state index contributed by atoms with van der Waals surface area (Å²) < 4.78 is 63.5. The Morgan fingerprint density at radius 3 is 1.33 bits per heavy atom. The third-order valence-corrected chi connectivity index (χ3v) is 12.7. The molecule has 4 aromatic carbocycles. The van der Waals surface area contributed by atoms with Gasteiger partial charge in [-0.25, -0.2) is 8.78 Å². The number of carbonyl (C=O) groups is 2. The molecule has 0 unspecified atom stereocenters. The van der Waals surface area contributed by atoms with Crippen molar-refractivity contribution < 1.29 is 80.6 Å². The third-order valence-electron chi connectivity index (χ3n) is 12.7. The van der Waals surface area contributed by atoms with Gasteiger partial charge in [-0.15, -0.1) is 0 Å². The van der Waals surface area contributed by atoms with Crippen LogP contribution >= 0.6 is 0 Å². The first-order valence-electron chi connectivity index (χ1n) is 22.4. The van der Waals surface area contributed by atoms with Gasteiger partial charge in [0.2, 0.25) is 0 Å². The summed E-state index contributed by atoms with van der Waals surface area (Å²) in [6.45, 7) is 5.59. The summed E-state index contributed by atoms with van der Waals surface area (Å²) in [5, 5.41) is 0. The van der Waals surface area contributed by atoms with Crippen LogP contribution in [0.25, 0.3) is 0 Å². The van der Waals surface area contributed by atoms with Crippen molar-refractivity contribution in [2.24, 2.45) is 0 Å². The molecule has 66 heavy (non-hydrogen) atoms. The van der Waals surface area contributed by atoms with Crippen LogP contribution in [0, 0.1) is 11.6 Å². The fraction of sp³-hybridized carbons (Fsp3) is 0.462. The largest absolute Gasteiger partial charge is 1.00 e. The van der Waals surface area contributed by atoms with E-state index >= 15 is 0 Å². The summed E-state index contributed by atoms with van der Waals surface area (Å²) in [5.41, 5.74) is 6.64. The first-order valence-corrected chi connectivity index (χ1v) is 22.4. The quantitative estimate of drug-likeness (QED) is 0.0515. The molecule has 10 nitrogen and oxygen atoms in total. The van der Waals surface area contributed by atoms with Gasteiger partial charge in [0.25, 0.3) is 0 Å². The zero-order valence-electron chi connectivity index (χ0n) is 39.2. The molecule has 0 radical (unpaired) electrons. The maximum Gasteiger partial charge on any atom is 0.306 e. The fourth-order valence-corrected chi connectivity index (χ4v) is 9.75. The summed E-state index contributed by atoms with van der Waals surface area (Å²) >= 11 is 0. The van der Waals surface area contributed by atoms with Crippen LogP contribution in [0.4, 0.5) is 8.78 Å². The van der Waals surface area contributed by atoms with Crippen LogP contribution in [0.1, 0.15) is 83.7 Å². The standard InChI is InChI=1S/C52H66F2N2O8.2ClH/c1-55(33-39(25-37-15-11-17-43(53)27-37)45-31-49(61-5)47(59-3)29-41(45)35-55)21-13-23-63-51(57)19-9-7-8-10-20-52(58)64-24-14-22-56(2)34-40(26-38-16-12-18-44(54)28-38)46-32-50(62-6)48(60-4)30-42(46)36-56;;/h7-8,11-12,15-18,27-32,39-40H,9-10,13-14,19-26,33-36H2,1-6H3;2*1H/q+2;;/p-2/b8-7+;;/t39-,40-,55-,56+;;/m0../s1. The molecular weight excluding hydrogens is 889 g/mol. The minimum atomic E-state index is -0.246. The smallest absolute Gasteiger partial charge is 0.306 e. The first kappa shape index (κ1) is 53.7. The molecule has 2 heterocycles. The molecule has 0 amide bonds. The van der Waals surface area contributed by atoms with Crippen molar-refractivity contribution in [1.82, 2.24) is 0 Å². The Hall–Kier alpha value is -4.88. The molecule has 0 spiro atoms. The number of nitrogens with zero attached hydrogens (tertiary/aromatic N) is 2. The van der Waals surface area contributed by atoms with Gasteiger partial charge in [0.1, 0.15) is 24.7 Å². The average molecular weight is 956 g/mol. The number of halogens is 4. The van der Waals surface area contributed by atoms with Crippen molar-refractivity contribution in [3.63, 3.8) is 0 Å². The van der Waals surface area contributed by atoms with E-state index in [1.807, 2.05) is 24.3 Å². The second kappa shape index (κ2) is 25.3. The molecule has 4 aromatic rings. The number of benzene rings is 4. The minimum Gasteiger partial charge on any atom is -1.00 e. The fourth-order valence-electron chi connectivity index (χ4n) is 9.75. The van der Waals surface area contributed by atoms with Crippen LogP contribution in [0.5, 0.6) is 23.0 Å². The van der Waals surface area contributed by atoms with E-state index in [0.717, 1.165) is 59.4 Å². The molecule has 0 saturated carbocycles. The maximum atomic E-state index is 14.1. The van der Waals surface area contributed by atoms with Crippen molar-refractivity contribution >= 4 is 11.9 Å². The Morgan fingerprint density at radius 2 is 0.970 bits per heavy atom. The SMILES string of the molecule is COc1cc2c(cc1OC)[C@@H](Cc1cccc(F)c1)C[N@@+](C)(CCCOC(=O)CC/C=C/CCC(=O)OCCC[N@+]1(C)Cc3cc(OC)c(OC)cc3[C@@H](Cc3cccc(F)c3)C1)C2.[Cl-].[Cl-]. The molecule has 0 saturated heterocycles. The Balaban J connectivity index is 0.00000476. The van der Waals surface area contributed by atoms with Crippen molar-refractivity contribution in [1.29, 1.82) is 0 Å². The van der Waals surface area contributed by atoms with E-state index in [2.05, 4.69) is 38.4 Å². The van der Waals surface area contributed by atoms with Crippen molar-refractivity contribution in [3.05, 3.63) is 130 Å². The molecule has 4 atom stereocenters. The number of hydrogen-bond acceptors (Lipinski definition) is 8. The number of carbonyl (C=O) groups excluding carboxylic acids is 2. The number of rotatable bonds is 22. The molecule has 360 valence electrons. The molecule has 0 aliphatic carbocycles. The number of esters is 2. The molecule has 0 bridgehead atoms. The number of fused-ring (bicyclic) bond motifs is 2. The van der Waals surface area contributed by atoms with Gasteiger partial charge < -0.3 is 62.2 Å². The van der Waals surface area contributed by atoms with Gasteiger partial charge in [0.15, 0.2) is 23.0 Å². The highest BCUT2D eigenvalue weighted by atomic mass is 35.5. The molecule has 14 heteroatoms. The zero-order chi connectivity index (χ0) is 45.7. The Bertz CT molecular complexity index is 2110. The second-order valence-electron chi connectivity index (χ2n) is 17.9. The predicted molar refractivity (Wildman–Crippen MR) is 243 cm³/mol. The monoisotopic (exact) mass is 954 g/mol. The predicted octanol–water partition coefficient (Wildman–Crippen LogP) is 3.26. The summed E-state index contributed by atoms with van der Waals surface area (Å²) in [5.74, 6) is 2.05. The average Bonchev–Trinajstić information content (AvgIpc) is 3.27. The number of likely N-dealkylation sites (N-methyl/N-ethyl adjacent to an activating group) is 2. The number of hydrogen-bond donors (Lipinski definition) is 0. The third kappa shape index (κ3) is 14.8. The van der Waals surface area contributed by atoms with E-state index in [4.69, 9.17) is 28.4 Å². The molecule has 6 rings (SSSR count). The van der Waals surface area contributed by atoms with E-state index in [1.165, 1.54) is 34.4 Å². The zero-order valence-corrected chi connectivity index (χ0v) is 40.7. The van der Waals surface area contributed by atoms with Crippen LogP contribution in [0.15, 0.2) is 84.9 Å².